The number of hydrogen-bond donors (Lipinski definition) is 2. The number of hydrogen-bond acceptors (Lipinski definition) is 5. The Morgan fingerprint density at radius 1 is 1.52 bits per heavy atom. The molecule has 0 saturated heterocycles. The molecule has 0 bridgehead atoms. The lowest BCUT2D eigenvalue weighted by Gasteiger charge is -2.24. The predicted molar refractivity (Wildman–Crippen MR) is 80.7 cm³/mol. The molecular weight excluding hydrogens is 294 g/mol. The summed E-state index contributed by atoms with van der Waals surface area (Å²) in [6.45, 7) is 5.45. The van der Waals surface area contributed by atoms with Gasteiger partial charge in [-0.3, -0.25) is 4.79 Å². The molecule has 2 heterocycles. The van der Waals surface area contributed by atoms with Gasteiger partial charge in [0.05, 0.1) is 11.9 Å². The minimum atomic E-state index is -1.16. The highest BCUT2D eigenvalue weighted by Crippen LogP contribution is 2.28. The van der Waals surface area contributed by atoms with Crippen molar-refractivity contribution in [3.8, 4) is 0 Å². The minimum absolute atomic E-state index is 0.0448. The van der Waals surface area contributed by atoms with E-state index in [0.717, 1.165) is 10.4 Å². The molecule has 2 aromatic rings. The van der Waals surface area contributed by atoms with Crippen molar-refractivity contribution in [2.75, 3.05) is 11.9 Å². The van der Waals surface area contributed by atoms with Crippen LogP contribution in [0.15, 0.2) is 21.5 Å². The van der Waals surface area contributed by atoms with E-state index in [2.05, 4.69) is 10.4 Å². The van der Waals surface area contributed by atoms with Crippen molar-refractivity contribution in [3.05, 3.63) is 44.7 Å². The molecule has 2 aromatic heterocycles. The normalized spacial score (nSPS) is 14.0. The standard InChI is InChI=1S/C14H18ClN3O3/c1-8-5-10(9(2)21-8)14(3,20)7-16-11-6-17-18(4)13(19)12(11)15/h5-6,16,20H,7H2,1-4H3. The summed E-state index contributed by atoms with van der Waals surface area (Å²) in [5, 5.41) is 17.5. The molecule has 0 saturated carbocycles. The number of aromatic nitrogens is 2. The highest BCUT2D eigenvalue weighted by atomic mass is 35.5. The molecule has 0 amide bonds. The number of aryl methyl sites for hydroxylation is 3. The molecule has 0 fully saturated rings. The molecule has 2 N–H and O–H groups in total. The fourth-order valence-corrected chi connectivity index (χ4v) is 2.40. The maximum Gasteiger partial charge on any atom is 0.287 e. The average Bonchev–Trinajstić information content (AvgIpc) is 2.75. The lowest BCUT2D eigenvalue weighted by atomic mass is 9.96. The van der Waals surface area contributed by atoms with E-state index in [9.17, 15) is 9.90 Å². The van der Waals surface area contributed by atoms with E-state index in [4.69, 9.17) is 16.0 Å². The number of rotatable bonds is 4. The first kappa shape index (κ1) is 15.6. The van der Waals surface area contributed by atoms with Crippen LogP contribution in [-0.2, 0) is 12.6 Å². The summed E-state index contributed by atoms with van der Waals surface area (Å²) < 4.78 is 6.58. The molecule has 0 aliphatic rings. The fraction of sp³-hybridized carbons (Fsp3) is 0.429. The van der Waals surface area contributed by atoms with Crippen LogP contribution in [-0.4, -0.2) is 21.4 Å². The van der Waals surface area contributed by atoms with Gasteiger partial charge in [-0.1, -0.05) is 11.6 Å². The summed E-state index contributed by atoms with van der Waals surface area (Å²) in [6.07, 6.45) is 1.45. The molecule has 7 heteroatoms. The smallest absolute Gasteiger partial charge is 0.287 e. The van der Waals surface area contributed by atoms with Crippen LogP contribution in [0.1, 0.15) is 24.0 Å². The third kappa shape index (κ3) is 3.11. The van der Waals surface area contributed by atoms with Crippen LogP contribution in [0.25, 0.3) is 0 Å². The van der Waals surface area contributed by atoms with Crippen molar-refractivity contribution in [2.24, 2.45) is 7.05 Å². The van der Waals surface area contributed by atoms with E-state index in [1.54, 1.807) is 19.9 Å². The second kappa shape index (κ2) is 5.54. The molecule has 0 aliphatic carbocycles. The Morgan fingerprint density at radius 2 is 2.19 bits per heavy atom. The Kier molecular flexibility index (Phi) is 4.11. The van der Waals surface area contributed by atoms with Crippen LogP contribution in [0.4, 0.5) is 5.69 Å². The Balaban J connectivity index is 2.21. The molecule has 114 valence electrons. The molecule has 0 aromatic carbocycles. The molecule has 0 aliphatic heterocycles. The van der Waals surface area contributed by atoms with E-state index < -0.39 is 11.2 Å². The van der Waals surface area contributed by atoms with Crippen molar-refractivity contribution in [2.45, 2.75) is 26.4 Å². The first-order valence-corrected chi connectivity index (χ1v) is 6.86. The Labute approximate surface area is 127 Å². The first-order valence-electron chi connectivity index (χ1n) is 6.48. The summed E-state index contributed by atoms with van der Waals surface area (Å²) >= 11 is 5.97. The zero-order valence-electron chi connectivity index (χ0n) is 12.4. The lowest BCUT2D eigenvalue weighted by Crippen LogP contribution is -2.32. The van der Waals surface area contributed by atoms with Crippen molar-refractivity contribution in [1.82, 2.24) is 9.78 Å². The highest BCUT2D eigenvalue weighted by Gasteiger charge is 2.27. The van der Waals surface area contributed by atoms with Gasteiger partial charge in [0.15, 0.2) is 0 Å². The van der Waals surface area contributed by atoms with Crippen LogP contribution in [0.2, 0.25) is 5.02 Å². The maximum atomic E-state index is 11.7. The SMILES string of the molecule is Cc1cc(C(C)(O)CNc2cnn(C)c(=O)c2Cl)c(C)o1. The number of nitrogens with zero attached hydrogens (tertiary/aromatic N) is 2. The minimum Gasteiger partial charge on any atom is -0.466 e. The third-order valence-electron chi connectivity index (χ3n) is 3.32. The van der Waals surface area contributed by atoms with Gasteiger partial charge in [0.25, 0.3) is 5.56 Å². The summed E-state index contributed by atoms with van der Waals surface area (Å²) in [4.78, 5) is 11.7. The molecular formula is C14H18ClN3O3. The molecule has 1 atom stereocenters. The zero-order chi connectivity index (χ0) is 15.8. The van der Waals surface area contributed by atoms with E-state index in [1.807, 2.05) is 6.92 Å². The maximum absolute atomic E-state index is 11.7. The molecule has 1 unspecified atom stereocenters. The highest BCUT2D eigenvalue weighted by molar-refractivity contribution is 6.32. The first-order chi connectivity index (χ1) is 9.72. The van der Waals surface area contributed by atoms with Gasteiger partial charge in [-0.15, -0.1) is 0 Å². The fourth-order valence-electron chi connectivity index (χ4n) is 2.16. The Hall–Kier alpha value is -1.79. The summed E-state index contributed by atoms with van der Waals surface area (Å²) in [5.74, 6) is 1.39. The monoisotopic (exact) mass is 311 g/mol. The summed E-state index contributed by atoms with van der Waals surface area (Å²) in [7, 11) is 1.52. The van der Waals surface area contributed by atoms with Crippen LogP contribution in [0, 0.1) is 13.8 Å². The molecule has 0 radical (unpaired) electrons. The zero-order valence-corrected chi connectivity index (χ0v) is 13.2. The van der Waals surface area contributed by atoms with Gasteiger partial charge in [0, 0.05) is 19.2 Å². The number of aliphatic hydroxyl groups is 1. The largest absolute Gasteiger partial charge is 0.466 e. The number of halogens is 1. The lowest BCUT2D eigenvalue weighted by molar-refractivity contribution is 0.0699. The quantitative estimate of drug-likeness (QED) is 0.902. The van der Waals surface area contributed by atoms with Gasteiger partial charge in [-0.2, -0.15) is 5.10 Å². The van der Waals surface area contributed by atoms with E-state index in [1.165, 1.54) is 13.2 Å². The number of anilines is 1. The molecule has 21 heavy (non-hydrogen) atoms. The van der Waals surface area contributed by atoms with Crippen molar-refractivity contribution in [1.29, 1.82) is 0 Å². The second-order valence-corrected chi connectivity index (χ2v) is 5.63. The van der Waals surface area contributed by atoms with Gasteiger partial charge in [0.1, 0.15) is 22.1 Å². The number of nitrogens with one attached hydrogen (secondary N) is 1. The van der Waals surface area contributed by atoms with Crippen molar-refractivity contribution in [3.63, 3.8) is 0 Å². The molecule has 2 rings (SSSR count). The summed E-state index contributed by atoms with van der Waals surface area (Å²) in [5.41, 5.74) is -0.471. The predicted octanol–water partition coefficient (Wildman–Crippen LogP) is 1.96. The topological polar surface area (TPSA) is 80.3 Å². The van der Waals surface area contributed by atoms with Gasteiger partial charge in [0.2, 0.25) is 0 Å². The van der Waals surface area contributed by atoms with Gasteiger partial charge in [-0.25, -0.2) is 4.68 Å². The van der Waals surface area contributed by atoms with Crippen LogP contribution >= 0.6 is 11.6 Å². The van der Waals surface area contributed by atoms with Gasteiger partial charge >= 0.3 is 0 Å². The molecule has 0 spiro atoms. The van der Waals surface area contributed by atoms with Gasteiger partial charge < -0.3 is 14.8 Å². The van der Waals surface area contributed by atoms with Gasteiger partial charge in [-0.05, 0) is 26.8 Å². The van der Waals surface area contributed by atoms with E-state index in [0.29, 0.717) is 17.0 Å². The van der Waals surface area contributed by atoms with Crippen molar-refractivity contribution >= 4 is 17.3 Å². The van der Waals surface area contributed by atoms with Crippen LogP contribution in [0.3, 0.4) is 0 Å². The van der Waals surface area contributed by atoms with Crippen molar-refractivity contribution < 1.29 is 9.52 Å². The third-order valence-corrected chi connectivity index (χ3v) is 3.69. The number of furan rings is 1. The average molecular weight is 312 g/mol. The Bertz CT molecular complexity index is 719. The second-order valence-electron chi connectivity index (χ2n) is 5.26. The van der Waals surface area contributed by atoms with Crippen LogP contribution in [0.5, 0.6) is 0 Å². The van der Waals surface area contributed by atoms with E-state index in [-0.39, 0.29) is 11.6 Å². The Morgan fingerprint density at radius 3 is 2.76 bits per heavy atom. The molecule has 6 nitrogen and oxygen atoms in total. The van der Waals surface area contributed by atoms with Crippen LogP contribution < -0.4 is 10.9 Å². The summed E-state index contributed by atoms with van der Waals surface area (Å²) in [6, 6.07) is 1.79. The van der Waals surface area contributed by atoms with E-state index >= 15 is 0 Å².